The smallest absolute Gasteiger partial charge is 0.410 e. The Kier molecular flexibility index (Phi) is 37.3. The van der Waals surface area contributed by atoms with Crippen molar-refractivity contribution in [1.29, 1.82) is 0 Å². The lowest BCUT2D eigenvalue weighted by atomic mass is 9.71. The minimum atomic E-state index is -1.33. The first-order valence-corrected chi connectivity index (χ1v) is 43.9. The number of unbranched alkanes of at least 4 members (excludes halogenated alkanes) is 2. The number of nitrogens with two attached hydrogens (primary N) is 1. The SMILES string of the molecule is CC(C)(C)OC(=O)N1CCC[C@H](CC(=O)Oc2ccc([N+](=O)[O-])cc2)C1.CC(C)(C)OC(=O)N1CCC[C@H](N)C1.COCCCC[C@@](O)(c1cccc(F)c1-c1cccc(C)c1)[C@@H]1CCCN(C(=O)C[C@H]2CCCN(C(=O)OC(C)(C)C)C2)C1.COCCCC[C@@](O)(c1cccc(F)c1-c1cccc(C)c1)[C@@H]1CCCN(C(=O)C[C@H]2CCCNC2)C1. The number of carbonyl (C=O) groups excluding carboxylic acids is 6. The molecule has 8 atom stereocenters. The predicted octanol–water partition coefficient (Wildman–Crippen LogP) is 17.4. The summed E-state index contributed by atoms with van der Waals surface area (Å²) >= 11 is 0. The molecule has 5 amide bonds. The lowest BCUT2D eigenvalue weighted by Crippen LogP contribution is -2.49. The number of carbonyl (C=O) groups is 6. The number of methoxy groups -OCH3 is 2. The van der Waals surface area contributed by atoms with Gasteiger partial charge in [0.05, 0.1) is 22.5 Å². The standard InChI is InChI=1S/C36H51FN2O5.C31H43FN2O3.C18H24N2O6.C10H20N2O2/c1-26-12-8-14-28(22-26)33-30(16-9-17-31(33)37)36(42,18-6-7-21-43-5)29-15-11-19-38(25-29)32(40)23-27-13-10-20-39(24-27)34(41)44-35(2,3)4;1-23-9-5-11-25(19-23)30-27(13-6-14-28(30)32)31(36,15-3-4-18-37-2)26-12-8-17-34(22-26)29(35)20-24-10-7-16-33-21-24;1-18(2,3)26-17(22)19-10-4-5-13(12-19)11-16(21)25-15-8-6-14(7-9-15)20(23)24;1-10(2,3)14-9(13)12-6-4-5-8(11)7-12/h8-9,12,14,16-17,22,27,29,42H,6-7,10-11,13,15,18-21,23-25H2,1-5H3;5-6,9,11,13-14,19,24,26,33,36H,3-4,7-8,10,12,15-18,20-22H2,1-2H3;6-9,13H,4-5,10-12H2,1-3H3;8H,4-7,11H2,1-3H3/t27-,29-,36+;24-,26-,31+;13-;8-/m1110/s1. The summed E-state index contributed by atoms with van der Waals surface area (Å²) in [5, 5.41) is 39.2. The molecule has 0 bridgehead atoms. The summed E-state index contributed by atoms with van der Waals surface area (Å²) in [6.45, 7) is 29.6. The Morgan fingerprint density at radius 3 is 1.30 bits per heavy atom. The number of benzene rings is 5. The van der Waals surface area contributed by atoms with Crippen molar-refractivity contribution >= 4 is 41.8 Å². The monoisotopic (exact) mass is 1690 g/mol. The van der Waals surface area contributed by atoms with Crippen LogP contribution in [-0.4, -0.2) is 205 Å². The molecule has 0 aliphatic carbocycles. The molecule has 5 aromatic rings. The fourth-order valence-electron chi connectivity index (χ4n) is 17.4. The zero-order valence-electron chi connectivity index (χ0n) is 74.2. The first-order chi connectivity index (χ1) is 57.3. The molecule has 6 aliphatic heterocycles. The highest BCUT2D eigenvalue weighted by molar-refractivity contribution is 5.78. The average molecular weight is 1690 g/mol. The van der Waals surface area contributed by atoms with Crippen LogP contribution in [0.25, 0.3) is 22.3 Å². The molecule has 6 heterocycles. The number of non-ortho nitro benzene ring substituents is 1. The van der Waals surface area contributed by atoms with E-state index in [2.05, 4.69) is 5.32 Å². The lowest BCUT2D eigenvalue weighted by molar-refractivity contribution is -0.384. The van der Waals surface area contributed by atoms with Gasteiger partial charge in [-0.25, -0.2) is 23.2 Å². The van der Waals surface area contributed by atoms with E-state index in [0.717, 1.165) is 145 Å². The van der Waals surface area contributed by atoms with E-state index < -0.39 is 38.9 Å². The molecular weight excluding hydrogens is 1550 g/mol. The van der Waals surface area contributed by atoms with Crippen LogP contribution in [0.2, 0.25) is 0 Å². The quantitative estimate of drug-likeness (QED) is 0.0111. The Morgan fingerprint density at radius 1 is 0.496 bits per heavy atom. The maximum Gasteiger partial charge on any atom is 0.410 e. The van der Waals surface area contributed by atoms with Crippen LogP contribution >= 0.6 is 0 Å². The molecule has 0 radical (unpaired) electrons. The molecule has 5 aromatic carbocycles. The molecule has 0 aromatic heterocycles. The number of halogens is 2. The minimum absolute atomic E-state index is 0.00168. The van der Waals surface area contributed by atoms with E-state index in [9.17, 15) is 49.1 Å². The van der Waals surface area contributed by atoms with Gasteiger partial charge in [-0.05, 0) is 269 Å². The number of nitrogens with one attached hydrogen (secondary N) is 1. The summed E-state index contributed by atoms with van der Waals surface area (Å²) in [4.78, 5) is 94.5. The zero-order valence-corrected chi connectivity index (χ0v) is 74.2. The number of hydrogen-bond donors (Lipinski definition) is 4. The molecule has 668 valence electrons. The Balaban J connectivity index is 0.000000214. The number of likely N-dealkylation sites (tertiary alicyclic amines) is 5. The van der Waals surface area contributed by atoms with Gasteiger partial charge in [0.15, 0.2) is 0 Å². The van der Waals surface area contributed by atoms with Crippen molar-refractivity contribution in [2.45, 2.75) is 245 Å². The number of aryl methyl sites for hydroxylation is 2. The highest BCUT2D eigenvalue weighted by atomic mass is 19.1. The van der Waals surface area contributed by atoms with Gasteiger partial charge in [-0.2, -0.15) is 0 Å². The summed E-state index contributed by atoms with van der Waals surface area (Å²) in [5.74, 6) is -0.591. The third-order valence-corrected chi connectivity index (χ3v) is 23.3. The topological polar surface area (TPSA) is 296 Å². The highest BCUT2D eigenvalue weighted by Crippen LogP contribution is 2.47. The molecule has 6 saturated heterocycles. The molecule has 6 aliphatic rings. The Labute approximate surface area is 716 Å². The van der Waals surface area contributed by atoms with Crippen LogP contribution in [0, 0.1) is 65.2 Å². The molecule has 26 heteroatoms. The van der Waals surface area contributed by atoms with Crippen molar-refractivity contribution in [3.05, 3.63) is 153 Å². The number of rotatable bonds is 24. The van der Waals surface area contributed by atoms with Gasteiger partial charge in [0.1, 0.15) is 34.2 Å². The Bertz CT molecular complexity index is 4160. The fraction of sp³-hybridized carbons (Fsp3) is 0.621. The Morgan fingerprint density at radius 2 is 0.893 bits per heavy atom. The van der Waals surface area contributed by atoms with Crippen molar-refractivity contribution in [1.82, 2.24) is 29.8 Å². The molecule has 24 nitrogen and oxygen atoms in total. The van der Waals surface area contributed by atoms with Crippen LogP contribution in [0.3, 0.4) is 0 Å². The van der Waals surface area contributed by atoms with Crippen LogP contribution < -0.4 is 15.8 Å². The van der Waals surface area contributed by atoms with Crippen LogP contribution in [0.4, 0.5) is 28.9 Å². The van der Waals surface area contributed by atoms with Crippen molar-refractivity contribution in [2.75, 3.05) is 106 Å². The van der Waals surface area contributed by atoms with Crippen LogP contribution in [0.15, 0.2) is 109 Å². The molecule has 5 N–H and O–H groups in total. The van der Waals surface area contributed by atoms with Crippen molar-refractivity contribution in [3.8, 4) is 28.0 Å². The number of hydrogen-bond acceptors (Lipinski definition) is 18. The average Bonchev–Trinajstić information content (AvgIpc) is 0.761. The number of piperidine rings is 6. The van der Waals surface area contributed by atoms with E-state index in [0.29, 0.717) is 126 Å². The first-order valence-electron chi connectivity index (χ1n) is 43.9. The molecule has 11 rings (SSSR count). The summed E-state index contributed by atoms with van der Waals surface area (Å²) in [7, 11) is 3.35. The Hall–Kier alpha value is -8.66. The summed E-state index contributed by atoms with van der Waals surface area (Å²) in [6, 6.07) is 31.0. The summed E-state index contributed by atoms with van der Waals surface area (Å²) in [5.41, 5.74) is 7.28. The predicted molar refractivity (Wildman–Crippen MR) is 465 cm³/mol. The normalized spacial score (nSPS) is 20.7. The van der Waals surface area contributed by atoms with Crippen molar-refractivity contribution in [3.63, 3.8) is 0 Å². The second kappa shape index (κ2) is 46.2. The van der Waals surface area contributed by atoms with E-state index >= 15 is 8.78 Å². The van der Waals surface area contributed by atoms with Gasteiger partial charge in [0, 0.05) is 147 Å². The minimum Gasteiger partial charge on any atom is -0.444 e. The molecule has 0 unspecified atom stereocenters. The third-order valence-electron chi connectivity index (χ3n) is 23.3. The van der Waals surface area contributed by atoms with E-state index in [1.54, 1.807) is 41.1 Å². The van der Waals surface area contributed by atoms with E-state index in [-0.39, 0.29) is 89.3 Å². The number of nitro benzene ring substituents is 1. The van der Waals surface area contributed by atoms with Crippen LogP contribution in [-0.2, 0) is 49.3 Å². The van der Waals surface area contributed by atoms with Gasteiger partial charge < -0.3 is 74.2 Å². The molecule has 0 spiro atoms. The highest BCUT2D eigenvalue weighted by Gasteiger charge is 2.46. The zero-order chi connectivity index (χ0) is 88.2. The van der Waals surface area contributed by atoms with Gasteiger partial charge in [-0.3, -0.25) is 24.5 Å². The van der Waals surface area contributed by atoms with E-state index in [4.69, 9.17) is 34.2 Å². The van der Waals surface area contributed by atoms with E-state index in [1.165, 1.54) is 36.4 Å². The molecule has 121 heavy (non-hydrogen) atoms. The van der Waals surface area contributed by atoms with Crippen molar-refractivity contribution < 1.29 is 81.1 Å². The number of ether oxygens (including phenoxy) is 6. The van der Waals surface area contributed by atoms with E-state index in [1.807, 2.05) is 147 Å². The van der Waals surface area contributed by atoms with Gasteiger partial charge in [0.2, 0.25) is 11.8 Å². The number of nitro groups is 1. The third kappa shape index (κ3) is 30.7. The van der Waals surface area contributed by atoms with Crippen molar-refractivity contribution in [2.24, 2.45) is 35.3 Å². The molecule has 0 saturated carbocycles. The van der Waals surface area contributed by atoms with Gasteiger partial charge in [-0.1, -0.05) is 83.9 Å². The second-order valence-electron chi connectivity index (χ2n) is 36.9. The lowest BCUT2D eigenvalue weighted by Gasteiger charge is -2.44. The van der Waals surface area contributed by atoms with Crippen LogP contribution in [0.5, 0.6) is 5.75 Å². The second-order valence-corrected chi connectivity index (χ2v) is 36.9. The van der Waals surface area contributed by atoms with Gasteiger partial charge >= 0.3 is 24.2 Å². The fourth-order valence-corrected chi connectivity index (χ4v) is 17.4. The van der Waals surface area contributed by atoms with Crippen LogP contribution in [0.1, 0.15) is 219 Å². The number of esters is 1. The maximum atomic E-state index is 15.6. The number of nitrogens with zero attached hydrogens (tertiary/aromatic N) is 6. The molecule has 6 fully saturated rings. The maximum absolute atomic E-state index is 15.6. The summed E-state index contributed by atoms with van der Waals surface area (Å²) < 4.78 is 63.1. The number of amides is 5. The van der Waals surface area contributed by atoms with Gasteiger partial charge in [-0.15, -0.1) is 0 Å². The number of aliphatic hydroxyl groups is 2. The molecular formula is C95H138F2N8O16. The van der Waals surface area contributed by atoms with Gasteiger partial charge in [0.25, 0.3) is 5.69 Å². The largest absolute Gasteiger partial charge is 0.444 e. The first kappa shape index (κ1) is 97.8. The summed E-state index contributed by atoms with van der Waals surface area (Å²) in [6.07, 6.45) is 14.8.